The Morgan fingerprint density at radius 3 is 2.57 bits per heavy atom. The summed E-state index contributed by atoms with van der Waals surface area (Å²) in [5.74, 6) is -2.16. The van der Waals surface area contributed by atoms with Gasteiger partial charge >= 0.3 is 5.97 Å². The third kappa shape index (κ3) is 6.23. The van der Waals surface area contributed by atoms with Crippen molar-refractivity contribution in [3.8, 4) is 0 Å². The molecule has 0 saturated heterocycles. The zero-order valence-electron chi connectivity index (χ0n) is 22.7. The number of carboxylic acids is 1. The smallest absolute Gasteiger partial charge is 0.326 e. The lowest BCUT2D eigenvalue weighted by atomic mass is 9.93. The third-order valence-corrected chi connectivity index (χ3v) is 9.38. The van der Waals surface area contributed by atoms with Gasteiger partial charge in [0.25, 0.3) is 11.8 Å². The minimum absolute atomic E-state index is 0.0364. The van der Waals surface area contributed by atoms with Gasteiger partial charge in [0.05, 0.1) is 20.5 Å². The Morgan fingerprint density at radius 2 is 1.83 bits per heavy atom. The van der Waals surface area contributed by atoms with Crippen molar-refractivity contribution in [2.24, 2.45) is 0 Å². The van der Waals surface area contributed by atoms with Gasteiger partial charge in [-0.15, -0.1) is 0 Å². The molecule has 0 bridgehead atoms. The predicted octanol–water partition coefficient (Wildman–Crippen LogP) is 4.98. The second-order valence-corrected chi connectivity index (χ2v) is 13.3. The fraction of sp³-hybridized carbons (Fsp3) is 0.258. The number of carbonyl (C=O) groups is 3. The molecule has 0 fully saturated rings. The first-order valence-electron chi connectivity index (χ1n) is 13.3. The SMILES string of the molecule is CS(=O)(=O)c1cccc(C[C@H](NC(=O)c2c(Cl)cc3c(c2Cl)CCN(C(=O)c2ccc4c(c2)CCC=C4)C3)C(=O)O)c1. The molecule has 1 aliphatic heterocycles. The third-order valence-electron chi connectivity index (χ3n) is 7.56. The quantitative estimate of drug-likeness (QED) is 0.381. The minimum atomic E-state index is -3.49. The number of hydrogen-bond donors (Lipinski definition) is 2. The molecule has 0 radical (unpaired) electrons. The van der Waals surface area contributed by atoms with E-state index in [4.69, 9.17) is 23.2 Å². The normalized spacial score (nSPS) is 15.0. The van der Waals surface area contributed by atoms with Crippen molar-refractivity contribution >= 4 is 56.9 Å². The Morgan fingerprint density at radius 1 is 1.05 bits per heavy atom. The van der Waals surface area contributed by atoms with E-state index in [1.807, 2.05) is 18.2 Å². The molecule has 218 valence electrons. The van der Waals surface area contributed by atoms with Crippen LogP contribution in [0.1, 0.15) is 55.0 Å². The van der Waals surface area contributed by atoms with Gasteiger partial charge < -0.3 is 15.3 Å². The predicted molar refractivity (Wildman–Crippen MR) is 161 cm³/mol. The summed E-state index contributed by atoms with van der Waals surface area (Å²) in [5.41, 5.74) is 4.66. The number of rotatable bonds is 7. The van der Waals surface area contributed by atoms with E-state index in [9.17, 15) is 27.9 Å². The molecule has 0 spiro atoms. The molecule has 2 amide bonds. The van der Waals surface area contributed by atoms with Crippen LogP contribution >= 0.6 is 23.2 Å². The first kappa shape index (κ1) is 29.8. The second-order valence-electron chi connectivity index (χ2n) is 10.5. The van der Waals surface area contributed by atoms with Crippen LogP contribution in [0.3, 0.4) is 0 Å². The van der Waals surface area contributed by atoms with Crippen LogP contribution < -0.4 is 5.32 Å². The summed E-state index contributed by atoms with van der Waals surface area (Å²) < 4.78 is 23.8. The molecule has 1 aliphatic carbocycles. The van der Waals surface area contributed by atoms with Crippen LogP contribution in [0.25, 0.3) is 6.08 Å². The van der Waals surface area contributed by atoms with Crippen molar-refractivity contribution in [2.45, 2.75) is 43.2 Å². The number of carboxylic acid groups (broad SMARTS) is 1. The number of sulfone groups is 1. The molecule has 2 aliphatic rings. The molecule has 42 heavy (non-hydrogen) atoms. The summed E-state index contributed by atoms with van der Waals surface area (Å²) in [4.78, 5) is 40.4. The number of benzene rings is 3. The number of aryl methyl sites for hydroxylation is 1. The molecular formula is C31H28Cl2N2O6S. The topological polar surface area (TPSA) is 121 Å². The van der Waals surface area contributed by atoms with Crippen molar-refractivity contribution in [2.75, 3.05) is 12.8 Å². The molecule has 5 rings (SSSR count). The summed E-state index contributed by atoms with van der Waals surface area (Å²) in [6.07, 6.45) is 7.32. The number of allylic oxidation sites excluding steroid dienone is 1. The number of amides is 2. The highest BCUT2D eigenvalue weighted by atomic mass is 35.5. The van der Waals surface area contributed by atoms with E-state index in [2.05, 4.69) is 17.5 Å². The summed E-state index contributed by atoms with van der Waals surface area (Å²) in [6, 6.07) is 11.9. The Kier molecular flexibility index (Phi) is 8.46. The molecule has 2 N–H and O–H groups in total. The van der Waals surface area contributed by atoms with Gasteiger partial charge in [0, 0.05) is 31.3 Å². The molecular weight excluding hydrogens is 599 g/mol. The molecule has 3 aromatic carbocycles. The highest BCUT2D eigenvalue weighted by Crippen LogP contribution is 2.35. The van der Waals surface area contributed by atoms with E-state index >= 15 is 0 Å². The molecule has 11 heteroatoms. The van der Waals surface area contributed by atoms with Crippen LogP contribution in [-0.2, 0) is 40.4 Å². The molecule has 0 aromatic heterocycles. The van der Waals surface area contributed by atoms with E-state index in [1.54, 1.807) is 17.0 Å². The maximum Gasteiger partial charge on any atom is 0.326 e. The molecule has 1 heterocycles. The lowest BCUT2D eigenvalue weighted by Gasteiger charge is -2.31. The van der Waals surface area contributed by atoms with Crippen molar-refractivity contribution in [3.05, 3.63) is 104 Å². The monoisotopic (exact) mass is 626 g/mol. The van der Waals surface area contributed by atoms with Crippen molar-refractivity contribution < 1.29 is 27.9 Å². The fourth-order valence-corrected chi connectivity index (χ4v) is 6.81. The van der Waals surface area contributed by atoms with Crippen LogP contribution in [0, 0.1) is 0 Å². The standard InChI is InChI=1S/C31H28Cl2N2O6S/c1-42(40,41)23-8-4-5-18(13-23)14-26(31(38)39)34-29(36)27-25(32)16-22-17-35(12-11-24(22)28(27)33)30(37)21-10-9-19-6-2-3-7-20(19)15-21/h2,4-6,8-10,13,15-16,26H,3,7,11-12,14,17H2,1H3,(H,34,36)(H,38,39)/t26-/m0/s1. The van der Waals surface area contributed by atoms with E-state index in [0.29, 0.717) is 29.7 Å². The van der Waals surface area contributed by atoms with E-state index in [1.165, 1.54) is 18.2 Å². The maximum absolute atomic E-state index is 13.3. The number of carbonyl (C=O) groups excluding carboxylic acids is 2. The lowest BCUT2D eigenvalue weighted by Crippen LogP contribution is -2.42. The van der Waals surface area contributed by atoms with Crippen molar-refractivity contribution in [1.82, 2.24) is 10.2 Å². The first-order chi connectivity index (χ1) is 19.9. The van der Waals surface area contributed by atoms with Gasteiger partial charge in [-0.05, 0) is 77.4 Å². The molecule has 3 aromatic rings. The molecule has 8 nitrogen and oxygen atoms in total. The van der Waals surface area contributed by atoms with Crippen molar-refractivity contribution in [1.29, 1.82) is 0 Å². The molecule has 0 unspecified atom stereocenters. The van der Waals surface area contributed by atoms with Crippen LogP contribution in [0.2, 0.25) is 10.0 Å². The number of nitrogens with zero attached hydrogens (tertiary/aromatic N) is 1. The summed E-state index contributed by atoms with van der Waals surface area (Å²) in [5, 5.41) is 12.4. The average Bonchev–Trinajstić information content (AvgIpc) is 2.95. The molecule has 1 atom stereocenters. The lowest BCUT2D eigenvalue weighted by molar-refractivity contribution is -0.139. The summed E-state index contributed by atoms with van der Waals surface area (Å²) in [7, 11) is -3.49. The van der Waals surface area contributed by atoms with E-state index in [-0.39, 0.29) is 39.4 Å². The van der Waals surface area contributed by atoms with Gasteiger partial charge in [0.15, 0.2) is 9.84 Å². The minimum Gasteiger partial charge on any atom is -0.480 e. The van der Waals surface area contributed by atoms with Gasteiger partial charge in [-0.1, -0.05) is 53.6 Å². The average molecular weight is 628 g/mol. The first-order valence-corrected chi connectivity index (χ1v) is 16.0. The van der Waals surface area contributed by atoms with Crippen LogP contribution in [0.5, 0.6) is 0 Å². The van der Waals surface area contributed by atoms with E-state index < -0.39 is 27.8 Å². The molecule has 0 saturated carbocycles. The second kappa shape index (κ2) is 11.9. The summed E-state index contributed by atoms with van der Waals surface area (Å²) in [6.45, 7) is 0.653. The number of fused-ring (bicyclic) bond motifs is 2. The number of hydrogen-bond acceptors (Lipinski definition) is 5. The Labute approximate surface area is 253 Å². The highest BCUT2D eigenvalue weighted by Gasteiger charge is 2.30. The zero-order valence-corrected chi connectivity index (χ0v) is 25.0. The van der Waals surface area contributed by atoms with Crippen LogP contribution in [-0.4, -0.2) is 55.1 Å². The Bertz CT molecular complexity index is 1750. The Balaban J connectivity index is 1.34. The van der Waals surface area contributed by atoms with Gasteiger partial charge in [-0.3, -0.25) is 9.59 Å². The number of nitrogens with one attached hydrogen (secondary N) is 1. The van der Waals surface area contributed by atoms with Gasteiger partial charge in [0.1, 0.15) is 6.04 Å². The van der Waals surface area contributed by atoms with E-state index in [0.717, 1.165) is 35.8 Å². The highest BCUT2D eigenvalue weighted by molar-refractivity contribution is 7.90. The maximum atomic E-state index is 13.3. The Hall–Kier alpha value is -3.66. The van der Waals surface area contributed by atoms with Gasteiger partial charge in [-0.2, -0.15) is 0 Å². The van der Waals surface area contributed by atoms with Crippen molar-refractivity contribution in [3.63, 3.8) is 0 Å². The summed E-state index contributed by atoms with van der Waals surface area (Å²) >= 11 is 13.2. The number of halogens is 2. The largest absolute Gasteiger partial charge is 0.480 e. The van der Waals surface area contributed by atoms with Crippen LogP contribution in [0.4, 0.5) is 0 Å². The van der Waals surface area contributed by atoms with Crippen LogP contribution in [0.15, 0.2) is 59.5 Å². The van der Waals surface area contributed by atoms with Gasteiger partial charge in [-0.25, -0.2) is 13.2 Å². The zero-order chi connectivity index (χ0) is 30.2. The van der Waals surface area contributed by atoms with Gasteiger partial charge in [0.2, 0.25) is 0 Å². The fourth-order valence-electron chi connectivity index (χ4n) is 5.35. The number of aliphatic carboxylic acids is 1.